The van der Waals surface area contributed by atoms with Crippen LogP contribution >= 0.6 is 11.6 Å². The van der Waals surface area contributed by atoms with Gasteiger partial charge in [0.25, 0.3) is 5.95 Å². The van der Waals surface area contributed by atoms with Crippen molar-refractivity contribution in [1.82, 2.24) is 19.8 Å². The van der Waals surface area contributed by atoms with E-state index in [0.717, 1.165) is 61.3 Å². The largest absolute Gasteiger partial charge is 0.370 e. The zero-order valence-corrected chi connectivity index (χ0v) is 17.3. The lowest BCUT2D eigenvalue weighted by molar-refractivity contribution is 0.116. The Bertz CT molecular complexity index is 986. The summed E-state index contributed by atoms with van der Waals surface area (Å²) < 4.78 is 0. The molecule has 1 fully saturated rings. The number of guanidine groups is 1. The van der Waals surface area contributed by atoms with Crippen LogP contribution < -0.4 is 11.5 Å². The van der Waals surface area contributed by atoms with Gasteiger partial charge in [-0.3, -0.25) is 4.90 Å². The minimum atomic E-state index is -0.0660. The van der Waals surface area contributed by atoms with Gasteiger partial charge < -0.3 is 16.4 Å². The zero-order chi connectivity index (χ0) is 20.4. The third kappa shape index (κ3) is 4.42. The molecule has 0 saturated carbocycles. The quantitative estimate of drug-likeness (QED) is 0.592. The Morgan fingerprint density at radius 2 is 2.00 bits per heavy atom. The number of allylic oxidation sites excluding steroid dienone is 2. The molecule has 4 N–H and O–H groups in total. The van der Waals surface area contributed by atoms with Crippen molar-refractivity contribution < 1.29 is 0 Å². The maximum Gasteiger partial charge on any atom is 0.253 e. The number of fused-ring (bicyclic) bond motifs is 1. The van der Waals surface area contributed by atoms with E-state index in [9.17, 15) is 0 Å². The molecular weight excluding hydrogens is 386 g/mol. The van der Waals surface area contributed by atoms with Crippen LogP contribution in [0.4, 0.5) is 5.95 Å². The van der Waals surface area contributed by atoms with Crippen molar-refractivity contribution in [3.63, 3.8) is 0 Å². The van der Waals surface area contributed by atoms with Gasteiger partial charge in [0.2, 0.25) is 0 Å². The summed E-state index contributed by atoms with van der Waals surface area (Å²) in [7, 11) is 0. The van der Waals surface area contributed by atoms with Crippen molar-refractivity contribution in [2.45, 2.75) is 19.4 Å². The van der Waals surface area contributed by atoms with E-state index in [2.05, 4.69) is 49.9 Å². The molecule has 0 radical (unpaired) electrons. The van der Waals surface area contributed by atoms with Crippen LogP contribution in [0.2, 0.25) is 5.02 Å². The molecule has 1 unspecified atom stereocenters. The first-order valence-corrected chi connectivity index (χ1v) is 10.3. The molecule has 2 aliphatic rings. The van der Waals surface area contributed by atoms with Crippen LogP contribution in [0.5, 0.6) is 0 Å². The number of hydrogen-bond donors (Lipinski definition) is 2. The Balaban J connectivity index is 1.61. The minimum Gasteiger partial charge on any atom is -0.370 e. The summed E-state index contributed by atoms with van der Waals surface area (Å²) in [6.07, 6.45) is 7.60. The maximum absolute atomic E-state index is 6.23. The number of hydrogen-bond acceptors (Lipinski definition) is 5. The molecule has 1 saturated heterocycles. The summed E-state index contributed by atoms with van der Waals surface area (Å²) in [5.41, 5.74) is 13.6. The van der Waals surface area contributed by atoms with Crippen LogP contribution in [-0.4, -0.2) is 64.5 Å². The molecule has 1 aromatic carbocycles. The van der Waals surface area contributed by atoms with Gasteiger partial charge in [0.15, 0.2) is 5.96 Å². The van der Waals surface area contributed by atoms with E-state index >= 15 is 0 Å². The summed E-state index contributed by atoms with van der Waals surface area (Å²) >= 11 is 6.23. The number of halogens is 1. The fourth-order valence-electron chi connectivity index (χ4n) is 3.94. The van der Waals surface area contributed by atoms with E-state index < -0.39 is 0 Å². The first-order valence-electron chi connectivity index (χ1n) is 9.95. The standard InChI is InChI=1S/C21H26ClN7/c1-2-28-9-11-29(12-10-28)16-6-3-14(4-7-16)19-17-13-15(22)5-8-18(17)25-21(26-19)27-20(23)24/h3-6,8,13,16H,2,7,9-12H2,1H3,(H4,23,24,25,26,27). The average molecular weight is 412 g/mol. The maximum atomic E-state index is 6.23. The molecule has 1 aliphatic heterocycles. The van der Waals surface area contributed by atoms with Crippen LogP contribution in [0.25, 0.3) is 16.5 Å². The van der Waals surface area contributed by atoms with E-state index in [1.807, 2.05) is 12.1 Å². The number of aromatic nitrogens is 2. The van der Waals surface area contributed by atoms with Crippen molar-refractivity contribution >= 4 is 40.0 Å². The number of benzene rings is 1. The predicted octanol–water partition coefficient (Wildman–Crippen LogP) is 2.54. The lowest BCUT2D eigenvalue weighted by atomic mass is 9.97. The number of rotatable bonds is 4. The highest BCUT2D eigenvalue weighted by atomic mass is 35.5. The van der Waals surface area contributed by atoms with E-state index in [-0.39, 0.29) is 11.9 Å². The fourth-order valence-corrected chi connectivity index (χ4v) is 4.11. The third-order valence-electron chi connectivity index (χ3n) is 5.55. The molecule has 4 rings (SSSR count). The van der Waals surface area contributed by atoms with Crippen molar-refractivity contribution in [2.75, 3.05) is 32.7 Å². The van der Waals surface area contributed by atoms with Crippen LogP contribution in [0.1, 0.15) is 19.0 Å². The molecule has 2 heterocycles. The highest BCUT2D eigenvalue weighted by Crippen LogP contribution is 2.31. The van der Waals surface area contributed by atoms with Gasteiger partial charge in [-0.2, -0.15) is 4.99 Å². The lowest BCUT2D eigenvalue weighted by Gasteiger charge is -2.38. The van der Waals surface area contributed by atoms with Gasteiger partial charge in [-0.15, -0.1) is 0 Å². The van der Waals surface area contributed by atoms with Gasteiger partial charge in [-0.1, -0.05) is 36.8 Å². The van der Waals surface area contributed by atoms with E-state index in [1.54, 1.807) is 6.07 Å². The topological polar surface area (TPSA) is 96.7 Å². The highest BCUT2D eigenvalue weighted by molar-refractivity contribution is 6.31. The fraction of sp³-hybridized carbons (Fsp3) is 0.381. The first kappa shape index (κ1) is 19.8. The molecule has 1 aliphatic carbocycles. The lowest BCUT2D eigenvalue weighted by Crippen LogP contribution is -2.49. The number of nitrogens with zero attached hydrogens (tertiary/aromatic N) is 5. The van der Waals surface area contributed by atoms with Crippen molar-refractivity contribution in [3.05, 3.63) is 47.1 Å². The minimum absolute atomic E-state index is 0.0660. The Morgan fingerprint density at radius 3 is 2.66 bits per heavy atom. The van der Waals surface area contributed by atoms with Gasteiger partial charge in [-0.25, -0.2) is 9.97 Å². The molecule has 0 bridgehead atoms. The van der Waals surface area contributed by atoms with Crippen LogP contribution in [-0.2, 0) is 0 Å². The van der Waals surface area contributed by atoms with Crippen LogP contribution in [0, 0.1) is 0 Å². The molecule has 8 heteroatoms. The summed E-state index contributed by atoms with van der Waals surface area (Å²) in [4.78, 5) is 18.1. The van der Waals surface area contributed by atoms with Gasteiger partial charge in [0.05, 0.1) is 11.2 Å². The van der Waals surface area contributed by atoms with Crippen LogP contribution in [0.15, 0.2) is 41.4 Å². The van der Waals surface area contributed by atoms with Gasteiger partial charge in [0, 0.05) is 42.6 Å². The Hall–Kier alpha value is -2.48. The van der Waals surface area contributed by atoms with Crippen LogP contribution in [0.3, 0.4) is 0 Å². The molecule has 7 nitrogen and oxygen atoms in total. The van der Waals surface area contributed by atoms with Crippen molar-refractivity contribution in [2.24, 2.45) is 16.5 Å². The van der Waals surface area contributed by atoms with Gasteiger partial charge in [0.1, 0.15) is 0 Å². The first-order chi connectivity index (χ1) is 14.0. The Labute approximate surface area is 175 Å². The second kappa shape index (κ2) is 8.49. The summed E-state index contributed by atoms with van der Waals surface area (Å²) in [5.74, 6) is 0.186. The number of piperazine rings is 1. The predicted molar refractivity (Wildman–Crippen MR) is 119 cm³/mol. The zero-order valence-electron chi connectivity index (χ0n) is 16.6. The SMILES string of the molecule is CCN1CCN(C2C=CC(c3nc(N=C(N)N)nc4ccc(Cl)cc34)=CC2)CC1. The molecular formula is C21H26ClN7. The third-order valence-corrected chi connectivity index (χ3v) is 5.78. The molecule has 152 valence electrons. The summed E-state index contributed by atoms with van der Waals surface area (Å²) in [6, 6.07) is 5.97. The monoisotopic (exact) mass is 411 g/mol. The average Bonchev–Trinajstić information content (AvgIpc) is 2.73. The molecule has 1 aromatic heterocycles. The molecule has 2 aromatic rings. The van der Waals surface area contributed by atoms with Gasteiger partial charge in [-0.05, 0) is 36.7 Å². The summed E-state index contributed by atoms with van der Waals surface area (Å²) in [5, 5.41) is 1.53. The molecule has 0 amide bonds. The smallest absolute Gasteiger partial charge is 0.253 e. The molecule has 0 spiro atoms. The number of aliphatic imine (C=N–C) groups is 1. The normalized spacial score (nSPS) is 20.6. The Kier molecular flexibility index (Phi) is 5.80. The molecule has 29 heavy (non-hydrogen) atoms. The highest BCUT2D eigenvalue weighted by Gasteiger charge is 2.23. The van der Waals surface area contributed by atoms with E-state index in [0.29, 0.717) is 11.1 Å². The van der Waals surface area contributed by atoms with Crippen molar-refractivity contribution in [1.29, 1.82) is 0 Å². The summed E-state index contributed by atoms with van der Waals surface area (Å²) in [6.45, 7) is 7.82. The second-order valence-corrected chi connectivity index (χ2v) is 7.80. The van der Waals surface area contributed by atoms with Crippen molar-refractivity contribution in [3.8, 4) is 0 Å². The second-order valence-electron chi connectivity index (χ2n) is 7.36. The molecule has 1 atom stereocenters. The number of likely N-dealkylation sites (N-methyl/N-ethyl adjacent to an activating group) is 1. The van der Waals surface area contributed by atoms with E-state index in [4.69, 9.17) is 23.1 Å². The number of nitrogens with two attached hydrogens (primary N) is 2. The van der Waals surface area contributed by atoms with Gasteiger partial charge >= 0.3 is 0 Å². The van der Waals surface area contributed by atoms with E-state index in [1.165, 1.54) is 0 Å². The Morgan fingerprint density at radius 1 is 1.21 bits per heavy atom.